The van der Waals surface area contributed by atoms with E-state index >= 15 is 0 Å². The van der Waals surface area contributed by atoms with Crippen molar-refractivity contribution in [1.82, 2.24) is 4.98 Å². The normalized spacial score (nSPS) is 12.8. The molecule has 24 heavy (non-hydrogen) atoms. The molecule has 0 fully saturated rings. The molecular weight excluding hydrogens is 313 g/mol. The lowest BCUT2D eigenvalue weighted by Gasteiger charge is -2.18. The van der Waals surface area contributed by atoms with Crippen LogP contribution in [0.5, 0.6) is 0 Å². The summed E-state index contributed by atoms with van der Waals surface area (Å²) in [6, 6.07) is 11.8. The lowest BCUT2D eigenvalue weighted by atomic mass is 9.86. The second-order valence-electron chi connectivity index (χ2n) is 6.47. The molecule has 0 saturated heterocycles. The number of rotatable bonds is 2. The molecular formula is C19H17F3N2. The van der Waals surface area contributed by atoms with Crippen LogP contribution >= 0.6 is 0 Å². The van der Waals surface area contributed by atoms with Crippen LogP contribution in [0.4, 0.5) is 13.2 Å². The van der Waals surface area contributed by atoms with E-state index in [0.717, 1.165) is 23.4 Å². The summed E-state index contributed by atoms with van der Waals surface area (Å²) in [4.78, 5) is 3.76. The van der Waals surface area contributed by atoms with Gasteiger partial charge in [0, 0.05) is 6.20 Å². The molecule has 0 atom stereocenters. The second kappa shape index (κ2) is 6.48. The minimum absolute atomic E-state index is 0.0231. The van der Waals surface area contributed by atoms with Crippen molar-refractivity contribution in [3.05, 3.63) is 65.0 Å². The number of halogens is 3. The lowest BCUT2D eigenvalue weighted by Crippen LogP contribution is -2.10. The van der Waals surface area contributed by atoms with Gasteiger partial charge in [0.1, 0.15) is 6.07 Å². The first-order chi connectivity index (χ1) is 11.1. The monoisotopic (exact) mass is 330 g/mol. The highest BCUT2D eigenvalue weighted by Crippen LogP contribution is 2.29. The van der Waals surface area contributed by atoms with Crippen molar-refractivity contribution in [3.8, 4) is 6.07 Å². The molecule has 0 amide bonds. The maximum Gasteiger partial charge on any atom is 0.417 e. The number of pyridine rings is 1. The highest BCUT2D eigenvalue weighted by Gasteiger charge is 2.30. The number of alkyl halides is 3. The van der Waals surface area contributed by atoms with Crippen molar-refractivity contribution in [2.24, 2.45) is 0 Å². The Morgan fingerprint density at radius 1 is 1.00 bits per heavy atom. The van der Waals surface area contributed by atoms with Gasteiger partial charge in [-0.3, -0.25) is 4.98 Å². The predicted molar refractivity (Wildman–Crippen MR) is 87.9 cm³/mol. The third-order valence-electron chi connectivity index (χ3n) is 3.57. The fraction of sp³-hybridized carbons (Fsp3) is 0.263. The van der Waals surface area contributed by atoms with E-state index in [1.165, 1.54) is 6.07 Å². The van der Waals surface area contributed by atoms with Crippen molar-refractivity contribution in [2.75, 3.05) is 0 Å². The molecule has 0 radical (unpaired) electrons. The van der Waals surface area contributed by atoms with Gasteiger partial charge in [0.2, 0.25) is 0 Å². The molecule has 2 nitrogen and oxygen atoms in total. The summed E-state index contributed by atoms with van der Waals surface area (Å²) in [6.07, 6.45) is -2.09. The molecule has 0 saturated carbocycles. The van der Waals surface area contributed by atoms with Crippen molar-refractivity contribution < 1.29 is 13.2 Å². The zero-order chi connectivity index (χ0) is 18.0. The molecule has 5 heteroatoms. The van der Waals surface area contributed by atoms with Crippen LogP contribution in [0.15, 0.2) is 42.6 Å². The van der Waals surface area contributed by atoms with Gasteiger partial charge in [-0.25, -0.2) is 0 Å². The molecule has 2 rings (SSSR count). The van der Waals surface area contributed by atoms with E-state index in [9.17, 15) is 18.4 Å². The van der Waals surface area contributed by atoms with Crippen molar-refractivity contribution in [1.29, 1.82) is 5.26 Å². The Morgan fingerprint density at radius 3 is 2.00 bits per heavy atom. The maximum absolute atomic E-state index is 12.6. The van der Waals surface area contributed by atoms with Gasteiger partial charge < -0.3 is 0 Å². The predicted octanol–water partition coefficient (Wildman–Crippen LogP) is 5.46. The van der Waals surface area contributed by atoms with Crippen molar-refractivity contribution >= 4 is 11.6 Å². The molecule has 0 aliphatic carbocycles. The summed E-state index contributed by atoms with van der Waals surface area (Å²) in [7, 11) is 0. The second-order valence-corrected chi connectivity index (χ2v) is 6.47. The van der Waals surface area contributed by atoms with Gasteiger partial charge >= 0.3 is 6.18 Å². The maximum atomic E-state index is 12.6. The van der Waals surface area contributed by atoms with Gasteiger partial charge in [0.25, 0.3) is 0 Å². The van der Waals surface area contributed by atoms with Crippen LogP contribution in [-0.2, 0) is 11.6 Å². The molecule has 0 bridgehead atoms. The van der Waals surface area contributed by atoms with E-state index in [4.69, 9.17) is 0 Å². The Morgan fingerprint density at radius 2 is 1.58 bits per heavy atom. The summed E-state index contributed by atoms with van der Waals surface area (Å²) in [5, 5.41) is 9.27. The van der Waals surface area contributed by atoms with Crippen LogP contribution in [0.3, 0.4) is 0 Å². The van der Waals surface area contributed by atoms with Crippen LogP contribution in [0, 0.1) is 11.3 Å². The van der Waals surface area contributed by atoms with Gasteiger partial charge in [0.05, 0.1) is 16.8 Å². The van der Waals surface area contributed by atoms with Crippen LogP contribution in [0.2, 0.25) is 0 Å². The van der Waals surface area contributed by atoms with E-state index in [2.05, 4.69) is 25.8 Å². The van der Waals surface area contributed by atoms with Gasteiger partial charge in [-0.15, -0.1) is 0 Å². The zero-order valence-electron chi connectivity index (χ0n) is 13.6. The summed E-state index contributed by atoms with van der Waals surface area (Å²) in [5.41, 5.74) is 1.57. The van der Waals surface area contributed by atoms with E-state index in [1.54, 1.807) is 6.08 Å². The number of hydrogen-bond donors (Lipinski definition) is 0. The summed E-state index contributed by atoms with van der Waals surface area (Å²) < 4.78 is 37.7. The molecule has 1 heterocycles. The van der Waals surface area contributed by atoms with Crippen LogP contribution in [0.1, 0.15) is 43.2 Å². The highest BCUT2D eigenvalue weighted by molar-refractivity contribution is 5.88. The van der Waals surface area contributed by atoms with E-state index in [1.807, 2.05) is 30.3 Å². The van der Waals surface area contributed by atoms with Crippen LogP contribution in [-0.4, -0.2) is 4.98 Å². The fourth-order valence-electron chi connectivity index (χ4n) is 2.13. The zero-order valence-corrected chi connectivity index (χ0v) is 13.6. The van der Waals surface area contributed by atoms with Gasteiger partial charge in [-0.1, -0.05) is 45.0 Å². The summed E-state index contributed by atoms with van der Waals surface area (Å²) in [6.45, 7) is 6.31. The smallest absolute Gasteiger partial charge is 0.255 e. The highest BCUT2D eigenvalue weighted by atomic mass is 19.4. The first-order valence-corrected chi connectivity index (χ1v) is 7.37. The lowest BCUT2D eigenvalue weighted by molar-refractivity contribution is -0.137. The Hall–Kier alpha value is -2.61. The van der Waals surface area contributed by atoms with Crippen molar-refractivity contribution in [3.63, 3.8) is 0 Å². The van der Waals surface area contributed by atoms with Crippen LogP contribution < -0.4 is 0 Å². The Bertz CT molecular complexity index is 772. The average Bonchev–Trinajstić information content (AvgIpc) is 2.51. The quantitative estimate of drug-likeness (QED) is 0.685. The third kappa shape index (κ3) is 4.23. The molecule has 0 spiro atoms. The molecule has 124 valence electrons. The molecule has 0 N–H and O–H groups in total. The number of aromatic nitrogens is 1. The number of nitriles is 1. The standard InChI is InChI=1S/C19H17F3N2/c1-18(2,3)15-6-4-13(5-7-15)10-14(11-23)17-9-8-16(12-24-17)19(20,21)22/h4-10,12H,1-3H3/b14-10+. The average molecular weight is 330 g/mol. The summed E-state index contributed by atoms with van der Waals surface area (Å²) >= 11 is 0. The van der Waals surface area contributed by atoms with Gasteiger partial charge in [-0.2, -0.15) is 18.4 Å². The number of nitrogens with zero attached hydrogens (tertiary/aromatic N) is 2. The topological polar surface area (TPSA) is 36.7 Å². The Labute approximate surface area is 139 Å². The van der Waals surface area contributed by atoms with E-state index in [-0.39, 0.29) is 16.7 Å². The Balaban J connectivity index is 2.31. The number of hydrogen-bond acceptors (Lipinski definition) is 2. The molecule has 1 aromatic heterocycles. The minimum Gasteiger partial charge on any atom is -0.255 e. The first-order valence-electron chi connectivity index (χ1n) is 7.37. The fourth-order valence-corrected chi connectivity index (χ4v) is 2.13. The number of benzene rings is 1. The van der Waals surface area contributed by atoms with E-state index in [0.29, 0.717) is 0 Å². The molecule has 0 aliphatic rings. The third-order valence-corrected chi connectivity index (χ3v) is 3.57. The van der Waals surface area contributed by atoms with Gasteiger partial charge in [-0.05, 0) is 34.8 Å². The summed E-state index contributed by atoms with van der Waals surface area (Å²) in [5.74, 6) is 0. The minimum atomic E-state index is -4.44. The first kappa shape index (κ1) is 17.7. The molecule has 0 aliphatic heterocycles. The van der Waals surface area contributed by atoms with Crippen molar-refractivity contribution in [2.45, 2.75) is 32.4 Å². The SMILES string of the molecule is CC(C)(C)c1ccc(/C=C(\C#N)c2ccc(C(F)(F)F)cn2)cc1. The number of allylic oxidation sites excluding steroid dienone is 1. The molecule has 0 unspecified atom stereocenters. The largest absolute Gasteiger partial charge is 0.417 e. The molecule has 1 aromatic carbocycles. The van der Waals surface area contributed by atoms with Gasteiger partial charge in [0.15, 0.2) is 0 Å². The van der Waals surface area contributed by atoms with E-state index < -0.39 is 11.7 Å². The molecule has 2 aromatic rings. The van der Waals surface area contributed by atoms with Crippen LogP contribution in [0.25, 0.3) is 11.6 Å². The Kier molecular flexibility index (Phi) is 4.79.